The summed E-state index contributed by atoms with van der Waals surface area (Å²) in [5, 5.41) is 4.92. The quantitative estimate of drug-likeness (QED) is 0.874. The SMILES string of the molecule is CNCc1oc2c(Cl)cc(Br)cc2c1CC(C)C. The third kappa shape index (κ3) is 2.73. The van der Waals surface area contributed by atoms with E-state index in [1.807, 2.05) is 13.1 Å². The Morgan fingerprint density at radius 3 is 2.72 bits per heavy atom. The molecular weight excluding hydrogens is 314 g/mol. The van der Waals surface area contributed by atoms with Gasteiger partial charge in [-0.25, -0.2) is 0 Å². The van der Waals surface area contributed by atoms with Crippen LogP contribution in [0.25, 0.3) is 11.0 Å². The van der Waals surface area contributed by atoms with E-state index < -0.39 is 0 Å². The van der Waals surface area contributed by atoms with Crippen molar-refractivity contribution < 1.29 is 4.42 Å². The Hall–Kier alpha value is -0.510. The molecule has 1 aromatic heterocycles. The molecule has 0 aliphatic heterocycles. The smallest absolute Gasteiger partial charge is 0.153 e. The predicted octanol–water partition coefficient (Wildman–Crippen LogP) is 4.77. The third-order valence-corrected chi connectivity index (χ3v) is 3.58. The number of hydrogen-bond acceptors (Lipinski definition) is 2. The molecule has 2 nitrogen and oxygen atoms in total. The van der Waals surface area contributed by atoms with Gasteiger partial charge in [-0.3, -0.25) is 0 Å². The Balaban J connectivity index is 2.64. The first-order valence-corrected chi connectivity index (χ1v) is 7.24. The number of halogens is 2. The molecule has 0 radical (unpaired) electrons. The van der Waals surface area contributed by atoms with Crippen LogP contribution in [0.1, 0.15) is 25.2 Å². The molecule has 0 fully saturated rings. The van der Waals surface area contributed by atoms with E-state index in [0.29, 0.717) is 10.9 Å². The van der Waals surface area contributed by atoms with Gasteiger partial charge >= 0.3 is 0 Å². The molecule has 18 heavy (non-hydrogen) atoms. The second-order valence-corrected chi connectivity index (χ2v) is 6.22. The van der Waals surface area contributed by atoms with Gasteiger partial charge in [0.05, 0.1) is 11.6 Å². The lowest BCUT2D eigenvalue weighted by atomic mass is 10.00. The number of furan rings is 1. The molecular formula is C14H17BrClNO. The van der Waals surface area contributed by atoms with Gasteiger partial charge in [0.2, 0.25) is 0 Å². The largest absolute Gasteiger partial charge is 0.458 e. The van der Waals surface area contributed by atoms with Gasteiger partial charge in [-0.15, -0.1) is 0 Å². The molecule has 0 aliphatic rings. The van der Waals surface area contributed by atoms with E-state index in [0.717, 1.165) is 34.2 Å². The van der Waals surface area contributed by atoms with Crippen molar-refractivity contribution in [1.82, 2.24) is 5.32 Å². The lowest BCUT2D eigenvalue weighted by molar-refractivity contribution is 0.516. The van der Waals surface area contributed by atoms with Crippen LogP contribution in [0.2, 0.25) is 5.02 Å². The summed E-state index contributed by atoms with van der Waals surface area (Å²) in [6.07, 6.45) is 0.997. The topological polar surface area (TPSA) is 25.2 Å². The van der Waals surface area contributed by atoms with E-state index in [9.17, 15) is 0 Å². The number of benzene rings is 1. The summed E-state index contributed by atoms with van der Waals surface area (Å²) in [5.41, 5.74) is 2.05. The second-order valence-electron chi connectivity index (χ2n) is 4.90. The van der Waals surface area contributed by atoms with Gasteiger partial charge in [0.1, 0.15) is 5.76 Å². The fourth-order valence-electron chi connectivity index (χ4n) is 2.16. The normalized spacial score (nSPS) is 11.7. The maximum atomic E-state index is 6.24. The first kappa shape index (κ1) is 13.9. The van der Waals surface area contributed by atoms with Crippen molar-refractivity contribution in [1.29, 1.82) is 0 Å². The maximum Gasteiger partial charge on any atom is 0.153 e. The highest BCUT2D eigenvalue weighted by Crippen LogP contribution is 2.35. The Morgan fingerprint density at radius 2 is 2.11 bits per heavy atom. The molecule has 2 aromatic rings. The molecule has 0 spiro atoms. The molecule has 1 aromatic carbocycles. The zero-order valence-corrected chi connectivity index (χ0v) is 13.2. The van der Waals surface area contributed by atoms with Crippen LogP contribution in [0.4, 0.5) is 0 Å². The minimum absolute atomic E-state index is 0.583. The first-order chi connectivity index (χ1) is 8.52. The van der Waals surface area contributed by atoms with Crippen LogP contribution < -0.4 is 5.32 Å². The van der Waals surface area contributed by atoms with E-state index in [1.165, 1.54) is 5.56 Å². The molecule has 0 saturated carbocycles. The number of nitrogens with one attached hydrogen (secondary N) is 1. The molecule has 1 N–H and O–H groups in total. The Bertz CT molecular complexity index is 562. The summed E-state index contributed by atoms with van der Waals surface area (Å²) < 4.78 is 6.90. The van der Waals surface area contributed by atoms with Crippen LogP contribution in [-0.2, 0) is 13.0 Å². The van der Waals surface area contributed by atoms with Crippen LogP contribution >= 0.6 is 27.5 Å². The van der Waals surface area contributed by atoms with Crippen molar-refractivity contribution in [3.8, 4) is 0 Å². The number of rotatable bonds is 4. The van der Waals surface area contributed by atoms with Gasteiger partial charge in [0, 0.05) is 15.4 Å². The highest BCUT2D eigenvalue weighted by atomic mass is 79.9. The molecule has 0 bridgehead atoms. The molecule has 2 rings (SSSR count). The van der Waals surface area contributed by atoms with Crippen LogP contribution in [0.15, 0.2) is 21.0 Å². The molecule has 0 unspecified atom stereocenters. The molecule has 4 heteroatoms. The lowest BCUT2D eigenvalue weighted by Gasteiger charge is -2.05. The summed E-state index contributed by atoms with van der Waals surface area (Å²) in [6, 6.07) is 3.96. The summed E-state index contributed by atoms with van der Waals surface area (Å²) >= 11 is 9.73. The maximum absolute atomic E-state index is 6.24. The fraction of sp³-hybridized carbons (Fsp3) is 0.429. The fourth-order valence-corrected chi connectivity index (χ4v) is 3.01. The molecule has 0 atom stereocenters. The second kappa shape index (κ2) is 5.64. The monoisotopic (exact) mass is 329 g/mol. The lowest BCUT2D eigenvalue weighted by Crippen LogP contribution is -2.07. The van der Waals surface area contributed by atoms with Gasteiger partial charge in [0.25, 0.3) is 0 Å². The third-order valence-electron chi connectivity index (χ3n) is 2.85. The minimum Gasteiger partial charge on any atom is -0.458 e. The summed E-state index contributed by atoms with van der Waals surface area (Å²) in [5.74, 6) is 1.57. The van der Waals surface area contributed by atoms with Crippen LogP contribution in [0.5, 0.6) is 0 Å². The predicted molar refractivity (Wildman–Crippen MR) is 80.2 cm³/mol. The van der Waals surface area contributed by atoms with E-state index in [1.54, 1.807) is 0 Å². The average Bonchev–Trinajstić information content (AvgIpc) is 2.58. The minimum atomic E-state index is 0.583. The highest BCUT2D eigenvalue weighted by molar-refractivity contribution is 9.10. The summed E-state index contributed by atoms with van der Waals surface area (Å²) in [7, 11) is 1.92. The van der Waals surface area contributed by atoms with Gasteiger partial charge in [-0.2, -0.15) is 0 Å². The standard InChI is InChI=1S/C14H17BrClNO/c1-8(2)4-10-11-5-9(15)6-12(16)14(11)18-13(10)7-17-3/h5-6,8,17H,4,7H2,1-3H3. The first-order valence-electron chi connectivity index (χ1n) is 6.06. The average molecular weight is 331 g/mol. The van der Waals surface area contributed by atoms with Crippen molar-refractivity contribution in [2.45, 2.75) is 26.8 Å². The van der Waals surface area contributed by atoms with Gasteiger partial charge < -0.3 is 9.73 Å². The van der Waals surface area contributed by atoms with Crippen LogP contribution in [0.3, 0.4) is 0 Å². The van der Waals surface area contributed by atoms with Gasteiger partial charge in [-0.05, 0) is 31.5 Å². The summed E-state index contributed by atoms with van der Waals surface area (Å²) in [4.78, 5) is 0. The Morgan fingerprint density at radius 1 is 1.39 bits per heavy atom. The molecule has 98 valence electrons. The Kier molecular flexibility index (Phi) is 4.36. The van der Waals surface area contributed by atoms with E-state index in [2.05, 4.69) is 41.2 Å². The molecule has 1 heterocycles. The van der Waals surface area contributed by atoms with E-state index >= 15 is 0 Å². The zero-order valence-electron chi connectivity index (χ0n) is 10.8. The van der Waals surface area contributed by atoms with E-state index in [-0.39, 0.29) is 0 Å². The van der Waals surface area contributed by atoms with Crippen molar-refractivity contribution >= 4 is 38.5 Å². The van der Waals surface area contributed by atoms with Crippen molar-refractivity contribution in [2.75, 3.05) is 7.05 Å². The van der Waals surface area contributed by atoms with Crippen LogP contribution in [-0.4, -0.2) is 7.05 Å². The molecule has 0 aliphatic carbocycles. The zero-order chi connectivity index (χ0) is 13.3. The summed E-state index contributed by atoms with van der Waals surface area (Å²) in [6.45, 7) is 5.15. The van der Waals surface area contributed by atoms with Crippen molar-refractivity contribution in [2.24, 2.45) is 5.92 Å². The van der Waals surface area contributed by atoms with E-state index in [4.69, 9.17) is 16.0 Å². The molecule has 0 amide bonds. The Labute approximate surface area is 121 Å². The van der Waals surface area contributed by atoms with Gasteiger partial charge in [0.15, 0.2) is 5.58 Å². The molecule has 0 saturated heterocycles. The van der Waals surface area contributed by atoms with Gasteiger partial charge in [-0.1, -0.05) is 41.4 Å². The number of hydrogen-bond donors (Lipinski definition) is 1. The number of fused-ring (bicyclic) bond motifs is 1. The van der Waals surface area contributed by atoms with Crippen LogP contribution in [0, 0.1) is 5.92 Å². The van der Waals surface area contributed by atoms with Crippen molar-refractivity contribution in [3.05, 3.63) is 33.0 Å². The highest BCUT2D eigenvalue weighted by Gasteiger charge is 2.17. The van der Waals surface area contributed by atoms with Crippen molar-refractivity contribution in [3.63, 3.8) is 0 Å².